The maximum Gasteiger partial charge on any atom is 0.373 e. The van der Waals surface area contributed by atoms with E-state index in [9.17, 15) is 4.79 Å². The number of likely N-dealkylation sites (tertiary alicyclic amines) is 1. The Balaban J connectivity index is 2.03. The molecule has 5 nitrogen and oxygen atoms in total. The first-order valence-electron chi connectivity index (χ1n) is 6.77. The predicted molar refractivity (Wildman–Crippen MR) is 71.7 cm³/mol. The standard InChI is InChI=1S/C14H22N2O3/c1-10-4-3-7-16(12(10)8-15)9-11-5-6-13(19-11)14(17)18-2/h5-6,10,12H,3-4,7-9,15H2,1-2H3. The van der Waals surface area contributed by atoms with Crippen molar-refractivity contribution >= 4 is 5.97 Å². The van der Waals surface area contributed by atoms with E-state index in [0.717, 1.165) is 12.3 Å². The summed E-state index contributed by atoms with van der Waals surface area (Å²) in [4.78, 5) is 13.7. The Morgan fingerprint density at radius 1 is 1.58 bits per heavy atom. The molecule has 1 aliphatic heterocycles. The van der Waals surface area contributed by atoms with E-state index in [1.807, 2.05) is 6.07 Å². The number of hydrogen-bond acceptors (Lipinski definition) is 5. The van der Waals surface area contributed by atoms with Crippen molar-refractivity contribution in [2.45, 2.75) is 32.4 Å². The normalized spacial score (nSPS) is 24.4. The zero-order chi connectivity index (χ0) is 13.8. The molecule has 1 fully saturated rings. The first-order valence-corrected chi connectivity index (χ1v) is 6.77. The van der Waals surface area contributed by atoms with Crippen LogP contribution in [0, 0.1) is 5.92 Å². The number of nitrogens with zero attached hydrogens (tertiary/aromatic N) is 1. The van der Waals surface area contributed by atoms with Crippen LogP contribution >= 0.6 is 0 Å². The maximum atomic E-state index is 11.3. The number of carbonyl (C=O) groups is 1. The third-order valence-electron chi connectivity index (χ3n) is 3.88. The molecule has 2 heterocycles. The van der Waals surface area contributed by atoms with Gasteiger partial charge in [0.15, 0.2) is 0 Å². The zero-order valence-electron chi connectivity index (χ0n) is 11.6. The van der Waals surface area contributed by atoms with E-state index in [4.69, 9.17) is 10.2 Å². The molecule has 106 valence electrons. The van der Waals surface area contributed by atoms with E-state index in [-0.39, 0.29) is 5.76 Å². The quantitative estimate of drug-likeness (QED) is 0.839. The van der Waals surface area contributed by atoms with E-state index >= 15 is 0 Å². The van der Waals surface area contributed by atoms with Crippen molar-refractivity contribution in [1.29, 1.82) is 0 Å². The molecule has 1 saturated heterocycles. The van der Waals surface area contributed by atoms with Gasteiger partial charge in [0.05, 0.1) is 13.7 Å². The van der Waals surface area contributed by atoms with Crippen molar-refractivity contribution in [2.24, 2.45) is 11.7 Å². The summed E-state index contributed by atoms with van der Waals surface area (Å²) in [6, 6.07) is 3.88. The van der Waals surface area contributed by atoms with Gasteiger partial charge in [-0.1, -0.05) is 6.92 Å². The highest BCUT2D eigenvalue weighted by atomic mass is 16.5. The van der Waals surface area contributed by atoms with Crippen molar-refractivity contribution < 1.29 is 13.9 Å². The Morgan fingerprint density at radius 2 is 2.37 bits per heavy atom. The summed E-state index contributed by atoms with van der Waals surface area (Å²) >= 11 is 0. The van der Waals surface area contributed by atoms with Crippen LogP contribution in [0.15, 0.2) is 16.5 Å². The molecule has 0 aliphatic carbocycles. The highest BCUT2D eigenvalue weighted by molar-refractivity contribution is 5.86. The molecule has 2 atom stereocenters. The van der Waals surface area contributed by atoms with Crippen LogP contribution in [0.1, 0.15) is 36.1 Å². The number of hydrogen-bond donors (Lipinski definition) is 1. The van der Waals surface area contributed by atoms with E-state index in [1.165, 1.54) is 20.0 Å². The summed E-state index contributed by atoms with van der Waals surface area (Å²) in [5.41, 5.74) is 5.87. The SMILES string of the molecule is COC(=O)c1ccc(CN2CCCC(C)C2CN)o1. The Morgan fingerprint density at radius 3 is 3.05 bits per heavy atom. The second-order valence-corrected chi connectivity index (χ2v) is 5.15. The summed E-state index contributed by atoms with van der Waals surface area (Å²) in [5.74, 6) is 1.21. The minimum atomic E-state index is -0.436. The highest BCUT2D eigenvalue weighted by Gasteiger charge is 2.28. The number of carbonyl (C=O) groups excluding carboxylic acids is 1. The zero-order valence-corrected chi connectivity index (χ0v) is 11.6. The summed E-state index contributed by atoms with van der Waals surface area (Å²) < 4.78 is 10.1. The predicted octanol–water partition coefficient (Wildman–Crippen LogP) is 1.63. The Kier molecular flexibility index (Phi) is 4.61. The number of ether oxygens (including phenoxy) is 1. The smallest absolute Gasteiger partial charge is 0.373 e. The monoisotopic (exact) mass is 266 g/mol. The van der Waals surface area contributed by atoms with E-state index in [2.05, 4.69) is 16.6 Å². The molecule has 0 amide bonds. The molecule has 5 heteroatoms. The molecule has 2 unspecified atom stereocenters. The summed E-state index contributed by atoms with van der Waals surface area (Å²) in [6.07, 6.45) is 2.41. The van der Waals surface area contributed by atoms with Gasteiger partial charge in [-0.25, -0.2) is 4.79 Å². The second-order valence-electron chi connectivity index (χ2n) is 5.15. The van der Waals surface area contributed by atoms with Crippen molar-refractivity contribution in [3.8, 4) is 0 Å². The number of esters is 1. The molecule has 1 aliphatic rings. The average molecular weight is 266 g/mol. The van der Waals surface area contributed by atoms with Crippen LogP contribution in [0.5, 0.6) is 0 Å². The Labute approximate surface area is 113 Å². The molecule has 0 aromatic carbocycles. The van der Waals surface area contributed by atoms with Gasteiger partial charge in [0, 0.05) is 12.6 Å². The molecular weight excluding hydrogens is 244 g/mol. The van der Waals surface area contributed by atoms with Gasteiger partial charge in [-0.05, 0) is 37.4 Å². The largest absolute Gasteiger partial charge is 0.463 e. The number of rotatable bonds is 4. The van der Waals surface area contributed by atoms with Crippen LogP contribution in [0.2, 0.25) is 0 Å². The van der Waals surface area contributed by atoms with Gasteiger partial charge < -0.3 is 14.9 Å². The fraction of sp³-hybridized carbons (Fsp3) is 0.643. The number of nitrogens with two attached hydrogens (primary N) is 1. The lowest BCUT2D eigenvalue weighted by atomic mass is 9.91. The molecule has 2 rings (SSSR count). The maximum absolute atomic E-state index is 11.3. The van der Waals surface area contributed by atoms with Gasteiger partial charge in [-0.3, -0.25) is 4.90 Å². The van der Waals surface area contributed by atoms with Crippen LogP contribution in [0.3, 0.4) is 0 Å². The van der Waals surface area contributed by atoms with Crippen LogP contribution in [-0.4, -0.2) is 37.1 Å². The minimum Gasteiger partial charge on any atom is -0.463 e. The van der Waals surface area contributed by atoms with E-state index in [0.29, 0.717) is 25.0 Å². The molecule has 0 bridgehead atoms. The molecule has 2 N–H and O–H groups in total. The molecule has 0 radical (unpaired) electrons. The molecule has 1 aromatic heterocycles. The van der Waals surface area contributed by atoms with Crippen LogP contribution in [-0.2, 0) is 11.3 Å². The van der Waals surface area contributed by atoms with Crippen molar-refractivity contribution in [3.05, 3.63) is 23.7 Å². The summed E-state index contributed by atoms with van der Waals surface area (Å²) in [5, 5.41) is 0. The van der Waals surface area contributed by atoms with Crippen molar-refractivity contribution in [1.82, 2.24) is 4.90 Å². The fourth-order valence-electron chi connectivity index (χ4n) is 2.79. The highest BCUT2D eigenvalue weighted by Crippen LogP contribution is 2.24. The van der Waals surface area contributed by atoms with Crippen LogP contribution in [0.25, 0.3) is 0 Å². The lowest BCUT2D eigenvalue weighted by Gasteiger charge is -2.38. The van der Waals surface area contributed by atoms with Crippen molar-refractivity contribution in [3.63, 3.8) is 0 Å². The molecular formula is C14H22N2O3. The Hall–Kier alpha value is -1.33. The lowest BCUT2D eigenvalue weighted by molar-refractivity contribution is 0.0554. The molecule has 0 saturated carbocycles. The average Bonchev–Trinajstić information content (AvgIpc) is 2.87. The van der Waals surface area contributed by atoms with E-state index in [1.54, 1.807) is 6.07 Å². The minimum absolute atomic E-state index is 0.256. The van der Waals surface area contributed by atoms with Gasteiger partial charge in [0.25, 0.3) is 0 Å². The first-order chi connectivity index (χ1) is 9.15. The van der Waals surface area contributed by atoms with Gasteiger partial charge in [0.2, 0.25) is 5.76 Å². The molecule has 0 spiro atoms. The van der Waals surface area contributed by atoms with Gasteiger partial charge in [0.1, 0.15) is 5.76 Å². The molecule has 1 aromatic rings. The van der Waals surface area contributed by atoms with Gasteiger partial charge in [-0.2, -0.15) is 0 Å². The second kappa shape index (κ2) is 6.21. The van der Waals surface area contributed by atoms with Crippen LogP contribution in [0.4, 0.5) is 0 Å². The first kappa shape index (κ1) is 14.1. The van der Waals surface area contributed by atoms with Gasteiger partial charge in [-0.15, -0.1) is 0 Å². The summed E-state index contributed by atoms with van der Waals surface area (Å²) in [7, 11) is 1.35. The van der Waals surface area contributed by atoms with Gasteiger partial charge >= 0.3 is 5.97 Å². The topological polar surface area (TPSA) is 68.7 Å². The fourth-order valence-corrected chi connectivity index (χ4v) is 2.79. The van der Waals surface area contributed by atoms with E-state index < -0.39 is 5.97 Å². The number of furan rings is 1. The lowest BCUT2D eigenvalue weighted by Crippen LogP contribution is -2.47. The number of piperidine rings is 1. The number of methoxy groups -OCH3 is 1. The van der Waals surface area contributed by atoms with Crippen LogP contribution < -0.4 is 5.73 Å². The third kappa shape index (κ3) is 3.16. The molecule has 19 heavy (non-hydrogen) atoms. The Bertz CT molecular complexity index is 430. The third-order valence-corrected chi connectivity index (χ3v) is 3.88. The summed E-state index contributed by atoms with van der Waals surface area (Å²) in [6.45, 7) is 4.63. The van der Waals surface area contributed by atoms with Crippen molar-refractivity contribution in [2.75, 3.05) is 20.2 Å².